The van der Waals surface area contributed by atoms with Crippen LogP contribution in [-0.4, -0.2) is 10.4 Å². The molecule has 0 atom stereocenters. The van der Waals surface area contributed by atoms with E-state index in [2.05, 4.69) is 18.4 Å². The van der Waals surface area contributed by atoms with E-state index in [4.69, 9.17) is 4.42 Å². The maximum Gasteiger partial charge on any atom is 0.271 e. The minimum Gasteiger partial charge on any atom is -0.460 e. The van der Waals surface area contributed by atoms with Gasteiger partial charge in [0.1, 0.15) is 0 Å². The second kappa shape index (κ2) is 5.70. The van der Waals surface area contributed by atoms with Crippen molar-refractivity contribution in [1.29, 1.82) is 0 Å². The average Bonchev–Trinajstić information content (AvgIpc) is 3.24. The van der Waals surface area contributed by atoms with Gasteiger partial charge in [-0.2, -0.15) is 0 Å². The molecule has 0 radical (unpaired) electrons. The van der Waals surface area contributed by atoms with Crippen LogP contribution in [0.5, 0.6) is 0 Å². The highest BCUT2D eigenvalue weighted by Crippen LogP contribution is 2.26. The van der Waals surface area contributed by atoms with Crippen LogP contribution >= 0.6 is 11.3 Å². The molecule has 0 bridgehead atoms. The molecule has 3 nitrogen and oxygen atoms in total. The summed E-state index contributed by atoms with van der Waals surface area (Å²) in [5, 5.41) is 2.02. The molecule has 0 saturated heterocycles. The van der Waals surface area contributed by atoms with Gasteiger partial charge in [0.05, 0.1) is 22.5 Å². The minimum atomic E-state index is -0.338. The second-order valence-electron chi connectivity index (χ2n) is 4.19. The van der Waals surface area contributed by atoms with E-state index in [1.807, 2.05) is 34.2 Å². The second-order valence-corrected chi connectivity index (χ2v) is 5.14. The maximum absolute atomic E-state index is 11.8. The Kier molecular flexibility index (Phi) is 3.59. The lowest BCUT2D eigenvalue weighted by atomic mass is 10.3. The molecule has 21 heavy (non-hydrogen) atoms. The van der Waals surface area contributed by atoms with Crippen molar-refractivity contribution >= 4 is 23.3 Å². The number of carbonyl (C=O) groups excluding carboxylic acids is 1. The van der Waals surface area contributed by atoms with E-state index < -0.39 is 0 Å². The van der Waals surface area contributed by atoms with Crippen LogP contribution in [0.25, 0.3) is 16.8 Å². The van der Waals surface area contributed by atoms with Crippen molar-refractivity contribution in [2.45, 2.75) is 0 Å². The van der Waals surface area contributed by atoms with E-state index in [0.29, 0.717) is 5.69 Å². The molecule has 0 saturated carbocycles. The molecule has 3 rings (SSSR count). The standard InChI is InChI=1S/C17H11NO2S/c1-2-18-13(7-9-14(18)17-6-4-12-21-17)8-10-15(19)16-5-3-11-20-16/h2-7,9,11-12H,1H2. The van der Waals surface area contributed by atoms with Crippen molar-refractivity contribution in [2.24, 2.45) is 0 Å². The zero-order valence-corrected chi connectivity index (χ0v) is 11.9. The molecular weight excluding hydrogens is 282 g/mol. The SMILES string of the molecule is C=Cn1c(C#CC(=O)c2ccco2)ccc1-c1cccs1. The molecule has 0 unspecified atom stereocenters. The summed E-state index contributed by atoms with van der Waals surface area (Å²) in [5.74, 6) is 5.37. The zero-order chi connectivity index (χ0) is 14.7. The Hall–Kier alpha value is -2.77. The van der Waals surface area contributed by atoms with Crippen molar-refractivity contribution in [1.82, 2.24) is 4.57 Å². The number of aromatic nitrogens is 1. The summed E-state index contributed by atoms with van der Waals surface area (Å²) >= 11 is 1.64. The Morgan fingerprint density at radius 3 is 2.86 bits per heavy atom. The van der Waals surface area contributed by atoms with Crippen molar-refractivity contribution in [3.05, 3.63) is 66.1 Å². The molecule has 102 valence electrons. The van der Waals surface area contributed by atoms with E-state index in [1.54, 1.807) is 29.7 Å². The summed E-state index contributed by atoms with van der Waals surface area (Å²) in [7, 11) is 0. The van der Waals surface area contributed by atoms with E-state index in [9.17, 15) is 4.79 Å². The Morgan fingerprint density at radius 1 is 1.29 bits per heavy atom. The number of hydrogen-bond donors (Lipinski definition) is 0. The number of Topliss-reactive ketones (excluding diaryl/α,β-unsaturated/α-hetero) is 1. The van der Waals surface area contributed by atoms with Crippen LogP contribution in [0.3, 0.4) is 0 Å². The molecule has 0 fully saturated rings. The lowest BCUT2D eigenvalue weighted by Gasteiger charge is -2.02. The fourth-order valence-corrected chi connectivity index (χ4v) is 2.71. The molecule has 0 N–H and O–H groups in total. The van der Waals surface area contributed by atoms with Gasteiger partial charge in [-0.1, -0.05) is 12.6 Å². The van der Waals surface area contributed by atoms with Gasteiger partial charge in [0.2, 0.25) is 0 Å². The summed E-state index contributed by atoms with van der Waals surface area (Å²) < 4.78 is 6.90. The highest BCUT2D eigenvalue weighted by molar-refractivity contribution is 7.13. The van der Waals surface area contributed by atoms with Gasteiger partial charge in [0.15, 0.2) is 5.76 Å². The van der Waals surface area contributed by atoms with Gasteiger partial charge in [0.25, 0.3) is 5.78 Å². The van der Waals surface area contributed by atoms with E-state index in [1.165, 1.54) is 6.26 Å². The Bertz CT molecular complexity index is 827. The fourth-order valence-electron chi connectivity index (χ4n) is 1.96. The third-order valence-corrected chi connectivity index (χ3v) is 3.82. The van der Waals surface area contributed by atoms with Crippen molar-refractivity contribution in [3.8, 4) is 22.4 Å². The van der Waals surface area contributed by atoms with E-state index in [0.717, 1.165) is 10.6 Å². The summed E-state index contributed by atoms with van der Waals surface area (Å²) in [6.07, 6.45) is 3.15. The Labute approximate surface area is 126 Å². The third-order valence-electron chi connectivity index (χ3n) is 2.92. The van der Waals surface area contributed by atoms with Crippen LogP contribution in [0.15, 0.2) is 59.0 Å². The number of thiophene rings is 1. The zero-order valence-electron chi connectivity index (χ0n) is 11.1. The first-order valence-corrected chi connectivity index (χ1v) is 7.15. The van der Waals surface area contributed by atoms with Gasteiger partial charge in [0, 0.05) is 6.20 Å². The van der Waals surface area contributed by atoms with Crippen LogP contribution in [0, 0.1) is 11.8 Å². The van der Waals surface area contributed by atoms with Crippen LogP contribution in [0.4, 0.5) is 0 Å². The molecular formula is C17H11NO2S. The van der Waals surface area contributed by atoms with Crippen molar-refractivity contribution < 1.29 is 9.21 Å². The van der Waals surface area contributed by atoms with Crippen LogP contribution < -0.4 is 0 Å². The van der Waals surface area contributed by atoms with Crippen LogP contribution in [0.1, 0.15) is 16.2 Å². The summed E-state index contributed by atoms with van der Waals surface area (Å²) in [4.78, 5) is 12.9. The quantitative estimate of drug-likeness (QED) is 0.537. The largest absolute Gasteiger partial charge is 0.460 e. The van der Waals surface area contributed by atoms with Crippen molar-refractivity contribution in [2.75, 3.05) is 0 Å². The fraction of sp³-hybridized carbons (Fsp3) is 0. The minimum absolute atomic E-state index is 0.248. The summed E-state index contributed by atoms with van der Waals surface area (Å²) in [6, 6.07) is 11.1. The first kappa shape index (κ1) is 13.2. The molecule has 3 heterocycles. The number of rotatable bonds is 3. The molecule has 0 spiro atoms. The van der Waals surface area contributed by atoms with Gasteiger partial charge in [-0.05, 0) is 47.6 Å². The molecule has 3 aromatic rings. The molecule has 3 aromatic heterocycles. The molecule has 0 aliphatic carbocycles. The molecule has 4 heteroatoms. The van der Waals surface area contributed by atoms with Crippen molar-refractivity contribution in [3.63, 3.8) is 0 Å². The van der Waals surface area contributed by atoms with Gasteiger partial charge >= 0.3 is 0 Å². The maximum atomic E-state index is 11.8. The number of ketones is 1. The lowest BCUT2D eigenvalue weighted by Crippen LogP contribution is -1.94. The monoisotopic (exact) mass is 293 g/mol. The Morgan fingerprint density at radius 2 is 2.19 bits per heavy atom. The first-order chi connectivity index (χ1) is 10.3. The number of hydrogen-bond acceptors (Lipinski definition) is 3. The summed E-state index contributed by atoms with van der Waals surface area (Å²) in [6.45, 7) is 3.81. The third kappa shape index (κ3) is 2.60. The molecule has 0 aliphatic rings. The highest BCUT2D eigenvalue weighted by Gasteiger charge is 2.08. The van der Waals surface area contributed by atoms with Crippen LogP contribution in [0.2, 0.25) is 0 Å². The van der Waals surface area contributed by atoms with E-state index >= 15 is 0 Å². The molecule has 0 amide bonds. The lowest BCUT2D eigenvalue weighted by molar-refractivity contribution is 0.103. The number of furan rings is 1. The number of nitrogens with zero attached hydrogens (tertiary/aromatic N) is 1. The average molecular weight is 293 g/mol. The predicted octanol–water partition coefficient (Wildman–Crippen LogP) is 4.14. The topological polar surface area (TPSA) is 35.1 Å². The smallest absolute Gasteiger partial charge is 0.271 e. The predicted molar refractivity (Wildman–Crippen MR) is 84.0 cm³/mol. The van der Waals surface area contributed by atoms with Gasteiger partial charge in [-0.3, -0.25) is 4.79 Å². The molecule has 0 aromatic carbocycles. The first-order valence-electron chi connectivity index (χ1n) is 6.27. The molecule has 0 aliphatic heterocycles. The van der Waals surface area contributed by atoms with Crippen LogP contribution in [-0.2, 0) is 0 Å². The van der Waals surface area contributed by atoms with Gasteiger partial charge < -0.3 is 8.98 Å². The van der Waals surface area contributed by atoms with Gasteiger partial charge in [-0.15, -0.1) is 11.3 Å². The van der Waals surface area contributed by atoms with E-state index in [-0.39, 0.29) is 11.5 Å². The normalized spacial score (nSPS) is 9.90. The van der Waals surface area contributed by atoms with Gasteiger partial charge in [-0.25, -0.2) is 0 Å². The Balaban J connectivity index is 1.94. The number of carbonyl (C=O) groups is 1. The summed E-state index contributed by atoms with van der Waals surface area (Å²) in [5.41, 5.74) is 1.73. The highest BCUT2D eigenvalue weighted by atomic mass is 32.1.